The summed E-state index contributed by atoms with van der Waals surface area (Å²) in [6.45, 7) is 4.58. The molecule has 1 heterocycles. The van der Waals surface area contributed by atoms with Gasteiger partial charge in [-0.05, 0) is 13.3 Å². The Balaban J connectivity index is 2.54. The van der Waals surface area contributed by atoms with Crippen molar-refractivity contribution < 1.29 is 4.92 Å². The fraction of sp³-hybridized carbons (Fsp3) is 0.385. The zero-order chi connectivity index (χ0) is 14.7. The number of hydrogen-bond donors (Lipinski definition) is 0. The molecular weight excluding hydrogens is 324 g/mol. The van der Waals surface area contributed by atoms with Crippen LogP contribution in [-0.2, 0) is 11.9 Å². The molecule has 7 heteroatoms. The van der Waals surface area contributed by atoms with E-state index in [0.29, 0.717) is 16.7 Å². The van der Waals surface area contributed by atoms with Gasteiger partial charge in [-0.15, -0.1) is 10.2 Å². The lowest BCUT2D eigenvalue weighted by Crippen LogP contribution is -2.04. The molecule has 0 aliphatic heterocycles. The standard InChI is InChI=1S/C13H15BrN4O2/c1-3-6-17-12(8-14)15-16-13(17)10-5-4-9(2)11(7-10)18(19)20/h4-5,7H,3,6,8H2,1-2H3. The Kier molecular flexibility index (Phi) is 4.49. The van der Waals surface area contributed by atoms with Crippen LogP contribution in [0.3, 0.4) is 0 Å². The molecule has 0 saturated heterocycles. The quantitative estimate of drug-likeness (QED) is 0.475. The maximum Gasteiger partial charge on any atom is 0.273 e. The fourth-order valence-electron chi connectivity index (χ4n) is 2.05. The number of hydrogen-bond acceptors (Lipinski definition) is 4. The zero-order valence-electron chi connectivity index (χ0n) is 11.3. The van der Waals surface area contributed by atoms with Crippen LogP contribution in [0.5, 0.6) is 0 Å². The van der Waals surface area contributed by atoms with E-state index >= 15 is 0 Å². The predicted molar refractivity (Wildman–Crippen MR) is 79.8 cm³/mol. The van der Waals surface area contributed by atoms with Crippen molar-refractivity contribution in [2.75, 3.05) is 0 Å². The van der Waals surface area contributed by atoms with Crippen LogP contribution in [0.15, 0.2) is 18.2 Å². The first-order chi connectivity index (χ1) is 9.58. The van der Waals surface area contributed by atoms with Crippen LogP contribution < -0.4 is 0 Å². The Morgan fingerprint density at radius 3 is 2.75 bits per heavy atom. The van der Waals surface area contributed by atoms with Crippen LogP contribution in [0.2, 0.25) is 0 Å². The predicted octanol–water partition coefficient (Wildman–Crippen LogP) is 3.47. The number of rotatable bonds is 5. The van der Waals surface area contributed by atoms with E-state index in [0.717, 1.165) is 24.4 Å². The molecule has 0 fully saturated rings. The molecule has 1 aromatic carbocycles. The minimum atomic E-state index is -0.370. The number of aryl methyl sites for hydroxylation is 1. The van der Waals surface area contributed by atoms with Crippen LogP contribution in [0.25, 0.3) is 11.4 Å². The van der Waals surface area contributed by atoms with Crippen molar-refractivity contribution in [3.8, 4) is 11.4 Å². The Labute approximate surface area is 125 Å². The minimum Gasteiger partial charge on any atom is -0.310 e. The maximum absolute atomic E-state index is 11.0. The van der Waals surface area contributed by atoms with Crippen molar-refractivity contribution >= 4 is 21.6 Å². The first-order valence-electron chi connectivity index (χ1n) is 6.32. The van der Waals surface area contributed by atoms with Crippen molar-refractivity contribution in [1.29, 1.82) is 0 Å². The van der Waals surface area contributed by atoms with Crippen molar-refractivity contribution in [2.45, 2.75) is 32.1 Å². The summed E-state index contributed by atoms with van der Waals surface area (Å²) in [5, 5.41) is 19.9. The highest BCUT2D eigenvalue weighted by molar-refractivity contribution is 9.08. The first-order valence-corrected chi connectivity index (χ1v) is 7.44. The Bertz CT molecular complexity index is 639. The van der Waals surface area contributed by atoms with Gasteiger partial charge in [-0.3, -0.25) is 10.1 Å². The summed E-state index contributed by atoms with van der Waals surface area (Å²) in [6.07, 6.45) is 0.943. The molecule has 2 aromatic rings. The molecule has 0 saturated carbocycles. The van der Waals surface area contributed by atoms with Gasteiger partial charge in [0.2, 0.25) is 0 Å². The van der Waals surface area contributed by atoms with Gasteiger partial charge in [0.05, 0.1) is 10.3 Å². The van der Waals surface area contributed by atoms with E-state index in [-0.39, 0.29) is 10.6 Å². The number of benzene rings is 1. The van der Waals surface area contributed by atoms with E-state index in [1.54, 1.807) is 19.1 Å². The molecule has 0 aliphatic rings. The van der Waals surface area contributed by atoms with Crippen LogP contribution in [-0.4, -0.2) is 19.7 Å². The summed E-state index contributed by atoms with van der Waals surface area (Å²) in [6, 6.07) is 5.15. The van der Waals surface area contributed by atoms with E-state index < -0.39 is 0 Å². The number of halogens is 1. The molecule has 0 N–H and O–H groups in total. The largest absolute Gasteiger partial charge is 0.310 e. The monoisotopic (exact) mass is 338 g/mol. The lowest BCUT2D eigenvalue weighted by molar-refractivity contribution is -0.385. The third kappa shape index (κ3) is 2.72. The van der Waals surface area contributed by atoms with Crippen LogP contribution in [0.1, 0.15) is 24.7 Å². The van der Waals surface area contributed by atoms with Crippen molar-refractivity contribution in [3.63, 3.8) is 0 Å². The lowest BCUT2D eigenvalue weighted by atomic mass is 10.1. The van der Waals surface area contributed by atoms with Crippen LogP contribution in [0, 0.1) is 17.0 Å². The summed E-state index contributed by atoms with van der Waals surface area (Å²) < 4.78 is 1.99. The molecule has 0 radical (unpaired) electrons. The SMILES string of the molecule is CCCn1c(CBr)nnc1-c1ccc(C)c([N+](=O)[O-])c1. The molecular formula is C13H15BrN4O2. The second-order valence-electron chi connectivity index (χ2n) is 4.48. The molecule has 6 nitrogen and oxygen atoms in total. The van der Waals surface area contributed by atoms with Gasteiger partial charge >= 0.3 is 0 Å². The second-order valence-corrected chi connectivity index (χ2v) is 5.04. The molecule has 1 aromatic heterocycles. The van der Waals surface area contributed by atoms with Crippen LogP contribution >= 0.6 is 15.9 Å². The topological polar surface area (TPSA) is 73.8 Å². The molecule has 0 aliphatic carbocycles. The van der Waals surface area contributed by atoms with Gasteiger partial charge in [-0.1, -0.05) is 35.0 Å². The molecule has 2 rings (SSSR count). The van der Waals surface area contributed by atoms with E-state index in [1.807, 2.05) is 10.6 Å². The van der Waals surface area contributed by atoms with Gasteiger partial charge in [-0.2, -0.15) is 0 Å². The third-order valence-corrected chi connectivity index (χ3v) is 3.56. The average molecular weight is 339 g/mol. The number of nitro groups is 1. The normalized spacial score (nSPS) is 10.8. The zero-order valence-corrected chi connectivity index (χ0v) is 12.9. The fourth-order valence-corrected chi connectivity index (χ4v) is 2.47. The summed E-state index contributed by atoms with van der Waals surface area (Å²) in [5.74, 6) is 1.49. The second kappa shape index (κ2) is 6.13. The number of nitrogens with zero attached hydrogens (tertiary/aromatic N) is 4. The van der Waals surface area contributed by atoms with E-state index in [4.69, 9.17) is 0 Å². The Morgan fingerprint density at radius 2 is 2.15 bits per heavy atom. The molecule has 0 bridgehead atoms. The smallest absolute Gasteiger partial charge is 0.273 e. The highest BCUT2D eigenvalue weighted by atomic mass is 79.9. The van der Waals surface area contributed by atoms with E-state index in [9.17, 15) is 10.1 Å². The average Bonchev–Trinajstić information content (AvgIpc) is 2.82. The lowest BCUT2D eigenvalue weighted by Gasteiger charge is -2.08. The maximum atomic E-state index is 11.0. The van der Waals surface area contributed by atoms with Gasteiger partial charge in [0.1, 0.15) is 5.82 Å². The highest BCUT2D eigenvalue weighted by Crippen LogP contribution is 2.26. The first kappa shape index (κ1) is 14.6. The third-order valence-electron chi connectivity index (χ3n) is 3.06. The van der Waals surface area contributed by atoms with Crippen molar-refractivity contribution in [3.05, 3.63) is 39.7 Å². The van der Waals surface area contributed by atoms with Gasteiger partial charge in [0, 0.05) is 23.7 Å². The summed E-state index contributed by atoms with van der Waals surface area (Å²) >= 11 is 3.38. The molecule has 0 spiro atoms. The molecule has 106 valence electrons. The van der Waals surface area contributed by atoms with Crippen LogP contribution in [0.4, 0.5) is 5.69 Å². The molecule has 0 amide bonds. The molecule has 0 unspecified atom stereocenters. The molecule has 20 heavy (non-hydrogen) atoms. The summed E-state index contributed by atoms with van der Waals surface area (Å²) in [5.41, 5.74) is 1.46. The minimum absolute atomic E-state index is 0.106. The van der Waals surface area contributed by atoms with Gasteiger partial charge in [-0.25, -0.2) is 0 Å². The molecule has 0 atom stereocenters. The number of alkyl halides is 1. The van der Waals surface area contributed by atoms with E-state index in [2.05, 4.69) is 33.1 Å². The summed E-state index contributed by atoms with van der Waals surface area (Å²) in [4.78, 5) is 10.7. The van der Waals surface area contributed by atoms with Gasteiger partial charge in [0.25, 0.3) is 5.69 Å². The Morgan fingerprint density at radius 1 is 1.40 bits per heavy atom. The Hall–Kier alpha value is -1.76. The van der Waals surface area contributed by atoms with Crippen molar-refractivity contribution in [2.24, 2.45) is 0 Å². The number of aromatic nitrogens is 3. The highest BCUT2D eigenvalue weighted by Gasteiger charge is 2.17. The van der Waals surface area contributed by atoms with Gasteiger partial charge in [0.15, 0.2) is 5.82 Å². The number of nitro benzene ring substituents is 1. The van der Waals surface area contributed by atoms with Crippen molar-refractivity contribution in [1.82, 2.24) is 14.8 Å². The van der Waals surface area contributed by atoms with E-state index in [1.165, 1.54) is 0 Å². The summed E-state index contributed by atoms with van der Waals surface area (Å²) in [7, 11) is 0. The van der Waals surface area contributed by atoms with Gasteiger partial charge < -0.3 is 4.57 Å².